The molecule has 2 amide bonds. The summed E-state index contributed by atoms with van der Waals surface area (Å²) in [5, 5.41) is 12.7. The smallest absolute Gasteiger partial charge is 0.424 e. The van der Waals surface area contributed by atoms with Gasteiger partial charge in [0.15, 0.2) is 0 Å². The van der Waals surface area contributed by atoms with E-state index in [0.29, 0.717) is 11.4 Å². The maximum Gasteiger partial charge on any atom is 0.424 e. The fraction of sp³-hybridized carbons (Fsp3) is 0.450. The molecule has 1 saturated heterocycles. The molecule has 31 heavy (non-hydrogen) atoms. The Morgan fingerprint density at radius 3 is 2.55 bits per heavy atom. The predicted octanol–water partition coefficient (Wildman–Crippen LogP) is 1.74. The number of amides is 2. The van der Waals surface area contributed by atoms with Crippen LogP contribution in [-0.2, 0) is 22.2 Å². The third-order valence-electron chi connectivity index (χ3n) is 5.33. The molecule has 2 N–H and O–H groups in total. The van der Waals surface area contributed by atoms with Gasteiger partial charge in [0, 0.05) is 51.1 Å². The molecular formula is C20H23F3N4O4. The molecule has 2 aromatic rings. The molecule has 3 rings (SSSR count). The Labute approximate surface area is 176 Å². The lowest BCUT2D eigenvalue weighted by Gasteiger charge is -2.30. The average molecular weight is 440 g/mol. The highest BCUT2D eigenvalue weighted by Gasteiger charge is 2.57. The Bertz CT molecular complexity index is 945. The van der Waals surface area contributed by atoms with E-state index in [2.05, 4.69) is 10.3 Å². The van der Waals surface area contributed by atoms with Crippen LogP contribution in [0.5, 0.6) is 5.75 Å². The van der Waals surface area contributed by atoms with Crippen LogP contribution < -0.4 is 15.0 Å². The number of rotatable bonds is 7. The van der Waals surface area contributed by atoms with Crippen LogP contribution in [0, 0.1) is 5.92 Å². The number of hydrogen-bond acceptors (Lipinski definition) is 5. The zero-order chi connectivity index (χ0) is 22.8. The molecule has 0 saturated carbocycles. The number of nitrogens with one attached hydrogen (secondary N) is 1. The van der Waals surface area contributed by atoms with Gasteiger partial charge >= 0.3 is 6.18 Å². The van der Waals surface area contributed by atoms with Crippen molar-refractivity contribution in [2.75, 3.05) is 25.1 Å². The van der Waals surface area contributed by atoms with Crippen LogP contribution in [0.3, 0.4) is 0 Å². The van der Waals surface area contributed by atoms with Gasteiger partial charge in [0.05, 0.1) is 13.0 Å². The molecule has 2 atom stereocenters. The monoisotopic (exact) mass is 440 g/mol. The van der Waals surface area contributed by atoms with Gasteiger partial charge in [-0.3, -0.25) is 9.59 Å². The lowest BCUT2D eigenvalue weighted by atomic mass is 9.97. The largest absolute Gasteiger partial charge is 0.497 e. The molecule has 2 heterocycles. The number of anilines is 1. The van der Waals surface area contributed by atoms with E-state index in [1.54, 1.807) is 24.3 Å². The van der Waals surface area contributed by atoms with E-state index in [9.17, 15) is 27.9 Å². The molecule has 0 radical (unpaired) electrons. The number of carbonyl (C=O) groups is 2. The third-order valence-corrected chi connectivity index (χ3v) is 5.33. The molecule has 0 spiro atoms. The van der Waals surface area contributed by atoms with Crippen LogP contribution in [0.2, 0.25) is 0 Å². The number of aromatic nitrogens is 2. The molecule has 1 fully saturated rings. The van der Waals surface area contributed by atoms with Gasteiger partial charge < -0.3 is 24.6 Å². The first-order chi connectivity index (χ1) is 14.6. The van der Waals surface area contributed by atoms with Crippen molar-refractivity contribution in [2.45, 2.75) is 24.6 Å². The van der Waals surface area contributed by atoms with Gasteiger partial charge in [0.25, 0.3) is 0 Å². The quantitative estimate of drug-likeness (QED) is 0.684. The van der Waals surface area contributed by atoms with E-state index >= 15 is 0 Å². The number of halogens is 3. The minimum absolute atomic E-state index is 0.0548. The Kier molecular flexibility index (Phi) is 6.25. The summed E-state index contributed by atoms with van der Waals surface area (Å²) in [6.45, 7) is -0.325. The summed E-state index contributed by atoms with van der Waals surface area (Å²) in [7, 11) is 2.86. The van der Waals surface area contributed by atoms with Crippen molar-refractivity contribution in [3.63, 3.8) is 0 Å². The van der Waals surface area contributed by atoms with E-state index in [1.165, 1.54) is 25.3 Å². The number of alkyl halides is 3. The van der Waals surface area contributed by atoms with E-state index in [-0.39, 0.29) is 18.9 Å². The van der Waals surface area contributed by atoms with Crippen LogP contribution in [0.15, 0.2) is 36.7 Å². The first-order valence-corrected chi connectivity index (χ1v) is 9.56. The zero-order valence-corrected chi connectivity index (χ0v) is 17.0. The average Bonchev–Trinajstić information content (AvgIpc) is 3.33. The van der Waals surface area contributed by atoms with Gasteiger partial charge in [-0.1, -0.05) is 0 Å². The van der Waals surface area contributed by atoms with Gasteiger partial charge in [0.2, 0.25) is 17.4 Å². The van der Waals surface area contributed by atoms with Crippen LogP contribution in [0.1, 0.15) is 18.7 Å². The minimum atomic E-state index is -4.98. The highest BCUT2D eigenvalue weighted by Crippen LogP contribution is 2.40. The molecule has 2 unspecified atom stereocenters. The second-order valence-corrected chi connectivity index (χ2v) is 7.36. The molecule has 11 heteroatoms. The number of carbonyl (C=O) groups excluding carboxylic acids is 2. The maximum absolute atomic E-state index is 13.5. The molecule has 1 aromatic carbocycles. The van der Waals surface area contributed by atoms with Gasteiger partial charge in [0.1, 0.15) is 11.6 Å². The Balaban J connectivity index is 1.61. The van der Waals surface area contributed by atoms with E-state index < -0.39 is 42.4 Å². The fourth-order valence-corrected chi connectivity index (χ4v) is 3.55. The SMILES string of the molecule is COc1ccc(N2CC(C(=O)NCCC(O)(c3nccn3C)C(F)(F)F)CC2=O)cc1. The van der Waals surface area contributed by atoms with Crippen molar-refractivity contribution in [1.82, 2.24) is 14.9 Å². The summed E-state index contributed by atoms with van der Waals surface area (Å²) in [6, 6.07) is 6.75. The number of hydrogen-bond donors (Lipinski definition) is 2. The normalized spacial score (nSPS) is 18.7. The van der Waals surface area contributed by atoms with Gasteiger partial charge in [-0.05, 0) is 24.3 Å². The summed E-state index contributed by atoms with van der Waals surface area (Å²) in [5.74, 6) is -1.45. The molecule has 0 aliphatic carbocycles. The minimum Gasteiger partial charge on any atom is -0.497 e. The number of imidazole rings is 1. The topological polar surface area (TPSA) is 96.7 Å². The lowest BCUT2D eigenvalue weighted by Crippen LogP contribution is -2.47. The van der Waals surface area contributed by atoms with Gasteiger partial charge in [-0.2, -0.15) is 13.2 Å². The van der Waals surface area contributed by atoms with Crippen LogP contribution in [0.4, 0.5) is 18.9 Å². The molecule has 1 aliphatic rings. The number of aryl methyl sites for hydroxylation is 1. The third kappa shape index (κ3) is 4.50. The lowest BCUT2D eigenvalue weighted by molar-refractivity contribution is -0.272. The van der Waals surface area contributed by atoms with Crippen molar-refractivity contribution < 1.29 is 32.6 Å². The van der Waals surface area contributed by atoms with Crippen molar-refractivity contribution in [3.05, 3.63) is 42.5 Å². The number of nitrogens with zero attached hydrogens (tertiary/aromatic N) is 3. The maximum atomic E-state index is 13.5. The van der Waals surface area contributed by atoms with Crippen LogP contribution in [0.25, 0.3) is 0 Å². The first-order valence-electron chi connectivity index (χ1n) is 9.56. The van der Waals surface area contributed by atoms with E-state index in [1.807, 2.05) is 0 Å². The summed E-state index contributed by atoms with van der Waals surface area (Å²) in [6.07, 6.45) is -3.40. The van der Waals surface area contributed by atoms with Crippen molar-refractivity contribution in [3.8, 4) is 5.75 Å². The Morgan fingerprint density at radius 1 is 1.32 bits per heavy atom. The number of methoxy groups -OCH3 is 1. The summed E-state index contributed by atoms with van der Waals surface area (Å²) in [4.78, 5) is 29.8. The van der Waals surface area contributed by atoms with E-state index in [4.69, 9.17) is 4.74 Å². The van der Waals surface area contributed by atoms with Gasteiger partial charge in [-0.25, -0.2) is 4.98 Å². The molecule has 1 aromatic heterocycles. The first kappa shape index (κ1) is 22.6. The fourth-order valence-electron chi connectivity index (χ4n) is 3.55. The molecule has 1 aliphatic heterocycles. The van der Waals surface area contributed by atoms with Crippen molar-refractivity contribution in [1.29, 1.82) is 0 Å². The number of benzene rings is 1. The van der Waals surface area contributed by atoms with Crippen LogP contribution >= 0.6 is 0 Å². The molecular weight excluding hydrogens is 417 g/mol. The van der Waals surface area contributed by atoms with E-state index in [0.717, 1.165) is 10.8 Å². The second-order valence-electron chi connectivity index (χ2n) is 7.36. The molecule has 168 valence electrons. The number of aliphatic hydroxyl groups is 1. The summed E-state index contributed by atoms with van der Waals surface area (Å²) < 4.78 is 46.8. The highest BCUT2D eigenvalue weighted by atomic mass is 19.4. The van der Waals surface area contributed by atoms with Crippen LogP contribution in [-0.4, -0.2) is 52.8 Å². The van der Waals surface area contributed by atoms with Gasteiger partial charge in [-0.15, -0.1) is 0 Å². The predicted molar refractivity (Wildman–Crippen MR) is 104 cm³/mol. The van der Waals surface area contributed by atoms with Crippen molar-refractivity contribution in [2.24, 2.45) is 13.0 Å². The molecule has 0 bridgehead atoms. The molecule has 8 nitrogen and oxygen atoms in total. The summed E-state index contributed by atoms with van der Waals surface area (Å²) >= 11 is 0. The second kappa shape index (κ2) is 8.58. The zero-order valence-electron chi connectivity index (χ0n) is 17.0. The van der Waals surface area contributed by atoms with Crippen molar-refractivity contribution >= 4 is 17.5 Å². The Hall–Kier alpha value is -3.08. The standard InChI is InChI=1S/C20H23F3N4O4/c1-26-10-9-25-18(26)19(30,20(21,22)23)7-8-24-17(29)13-11-16(28)27(12-13)14-3-5-15(31-2)6-4-14/h3-6,9-10,13,30H,7-8,11-12H2,1-2H3,(H,24,29). The summed E-state index contributed by atoms with van der Waals surface area (Å²) in [5.41, 5.74) is -2.61. The number of ether oxygens (including phenoxy) is 1. The highest BCUT2D eigenvalue weighted by molar-refractivity contribution is 6.00. The Morgan fingerprint density at radius 2 is 2.00 bits per heavy atom.